The maximum absolute atomic E-state index is 9.64. The Morgan fingerprint density at radius 1 is 1.10 bits per heavy atom. The molecule has 1 unspecified atom stereocenters. The van der Waals surface area contributed by atoms with Gasteiger partial charge in [0.25, 0.3) is 0 Å². The minimum atomic E-state index is -1.08. The van der Waals surface area contributed by atoms with Crippen LogP contribution in [0.4, 0.5) is 0 Å². The van der Waals surface area contributed by atoms with Gasteiger partial charge in [0.2, 0.25) is 0 Å². The Morgan fingerprint density at radius 2 is 1.30 bits per heavy atom. The van der Waals surface area contributed by atoms with Crippen LogP contribution in [0.5, 0.6) is 0 Å². The molecule has 0 aliphatic heterocycles. The Labute approximate surface area is 61.4 Å². The monoisotopic (exact) mass is 166 g/mol. The summed E-state index contributed by atoms with van der Waals surface area (Å²) in [5, 5.41) is 15.8. The second-order valence-corrected chi connectivity index (χ2v) is 1.29. The smallest absolute Gasteiger partial charge is 0.303 e. The molecule has 5 heteroatoms. The molecule has 0 heterocycles. The van der Waals surface area contributed by atoms with Crippen molar-refractivity contribution in [3.05, 3.63) is 0 Å². The molecule has 0 aromatic heterocycles. The van der Waals surface area contributed by atoms with Crippen molar-refractivity contribution in [3.8, 4) is 0 Å². The Hall–Kier alpha value is -0.630. The fourth-order valence-electron chi connectivity index (χ4n) is 0.214. The van der Waals surface area contributed by atoms with Crippen LogP contribution in [0.2, 0.25) is 0 Å². The number of aliphatic carboxylic acids is 2. The van der Waals surface area contributed by atoms with Gasteiger partial charge in [-0.2, -0.15) is 0 Å². The average Bonchev–Trinajstić information content (AvgIpc) is 1.89. The number of carboxylic acids is 2. The van der Waals surface area contributed by atoms with Crippen LogP contribution in [0.15, 0.2) is 0 Å². The zero-order valence-corrected chi connectivity index (χ0v) is 6.86. The van der Waals surface area contributed by atoms with Crippen molar-refractivity contribution >= 4 is 21.2 Å². The minimum absolute atomic E-state index is 0.296. The summed E-state index contributed by atoms with van der Waals surface area (Å²) in [7, 11) is 2.42. The fraction of sp³-hybridized carbons (Fsp3) is 0.600. The van der Waals surface area contributed by atoms with E-state index in [9.17, 15) is 9.59 Å². The van der Waals surface area contributed by atoms with Crippen molar-refractivity contribution in [1.29, 1.82) is 0 Å². The van der Waals surface area contributed by atoms with Gasteiger partial charge in [-0.25, -0.2) is 0 Å². The van der Waals surface area contributed by atoms with Crippen molar-refractivity contribution in [2.24, 2.45) is 0 Å². The first-order valence-corrected chi connectivity index (χ1v) is 3.79. The summed E-state index contributed by atoms with van der Waals surface area (Å²) in [6.45, 7) is 1.92. The van der Waals surface area contributed by atoms with Crippen LogP contribution in [0, 0.1) is 0 Å². The van der Waals surface area contributed by atoms with Gasteiger partial charge in [-0.15, -0.1) is 9.24 Å². The summed E-state index contributed by atoms with van der Waals surface area (Å²) >= 11 is 0. The summed E-state index contributed by atoms with van der Waals surface area (Å²) in [4.78, 5) is 19.3. The molecule has 0 fully saturated rings. The predicted molar refractivity (Wildman–Crippen MR) is 40.1 cm³/mol. The molecule has 0 spiro atoms. The van der Waals surface area contributed by atoms with E-state index >= 15 is 0 Å². The van der Waals surface area contributed by atoms with E-state index in [1.165, 1.54) is 0 Å². The average molecular weight is 166 g/mol. The number of carboxylic acid groups (broad SMARTS) is 2. The summed E-state index contributed by atoms with van der Waals surface area (Å²) in [6.07, 6.45) is -0.593. The highest BCUT2D eigenvalue weighted by molar-refractivity contribution is 7.15. The highest BCUT2D eigenvalue weighted by atomic mass is 31.0. The Bertz CT molecular complexity index is 98.2. The van der Waals surface area contributed by atoms with Crippen molar-refractivity contribution < 1.29 is 19.8 Å². The molecule has 0 saturated carbocycles. The Kier molecular flexibility index (Phi) is 10.1. The SMILES string of the molecule is CP.O=C(O)CCC(=O)O. The molecule has 4 nitrogen and oxygen atoms in total. The molecular formula is C5H11O4P. The lowest BCUT2D eigenvalue weighted by Gasteiger charge is -1.85. The van der Waals surface area contributed by atoms with Crippen LogP contribution >= 0.6 is 9.24 Å². The van der Waals surface area contributed by atoms with E-state index < -0.39 is 11.9 Å². The third-order valence-corrected chi connectivity index (χ3v) is 0.553. The molecule has 0 saturated heterocycles. The van der Waals surface area contributed by atoms with Gasteiger partial charge in [0, 0.05) is 0 Å². The van der Waals surface area contributed by atoms with Crippen LogP contribution < -0.4 is 0 Å². The van der Waals surface area contributed by atoms with Crippen LogP contribution in [-0.4, -0.2) is 28.8 Å². The largest absolute Gasteiger partial charge is 0.481 e. The molecule has 0 radical (unpaired) electrons. The van der Waals surface area contributed by atoms with Gasteiger partial charge in [0.15, 0.2) is 0 Å². The first-order valence-electron chi connectivity index (χ1n) is 2.64. The predicted octanol–water partition coefficient (Wildman–Crippen LogP) is 0.427. The Balaban J connectivity index is 0. The van der Waals surface area contributed by atoms with Gasteiger partial charge in [-0.1, -0.05) is 6.66 Å². The van der Waals surface area contributed by atoms with Gasteiger partial charge in [-0.05, 0) is 0 Å². The van der Waals surface area contributed by atoms with Crippen molar-refractivity contribution in [2.75, 3.05) is 6.66 Å². The molecular weight excluding hydrogens is 155 g/mol. The van der Waals surface area contributed by atoms with E-state index in [2.05, 4.69) is 9.24 Å². The number of hydrogen-bond donors (Lipinski definition) is 2. The highest BCUT2D eigenvalue weighted by Gasteiger charge is 2.00. The van der Waals surface area contributed by atoms with Crippen molar-refractivity contribution in [2.45, 2.75) is 12.8 Å². The number of rotatable bonds is 3. The quantitative estimate of drug-likeness (QED) is 0.596. The summed E-state index contributed by atoms with van der Waals surface area (Å²) < 4.78 is 0. The van der Waals surface area contributed by atoms with Crippen LogP contribution in [0.1, 0.15) is 12.8 Å². The molecule has 0 bridgehead atoms. The molecule has 0 aromatic rings. The number of carbonyl (C=O) groups is 2. The second-order valence-electron chi connectivity index (χ2n) is 1.29. The first-order chi connectivity index (χ1) is 4.63. The van der Waals surface area contributed by atoms with E-state index in [1.807, 2.05) is 6.66 Å². The summed E-state index contributed by atoms with van der Waals surface area (Å²) in [6, 6.07) is 0. The first kappa shape index (κ1) is 12.1. The third-order valence-electron chi connectivity index (χ3n) is 0.553. The maximum atomic E-state index is 9.64. The topological polar surface area (TPSA) is 74.6 Å². The van der Waals surface area contributed by atoms with Crippen LogP contribution in [0.25, 0.3) is 0 Å². The summed E-state index contributed by atoms with van der Waals surface area (Å²) in [5.74, 6) is -2.15. The van der Waals surface area contributed by atoms with Crippen molar-refractivity contribution in [1.82, 2.24) is 0 Å². The van der Waals surface area contributed by atoms with Gasteiger partial charge in [0.1, 0.15) is 0 Å². The molecule has 0 amide bonds. The standard InChI is InChI=1S/C4H6O4.CH5P/c5-3(6)1-2-4(7)8;1-2/h1-2H2,(H,5,6)(H,7,8);2H2,1H3. The molecule has 60 valence electrons. The van der Waals surface area contributed by atoms with E-state index in [-0.39, 0.29) is 12.8 Å². The molecule has 2 N–H and O–H groups in total. The van der Waals surface area contributed by atoms with Gasteiger partial charge < -0.3 is 10.2 Å². The van der Waals surface area contributed by atoms with E-state index in [1.54, 1.807) is 0 Å². The molecule has 1 atom stereocenters. The van der Waals surface area contributed by atoms with Gasteiger partial charge >= 0.3 is 11.9 Å². The molecule has 10 heavy (non-hydrogen) atoms. The van der Waals surface area contributed by atoms with Crippen LogP contribution in [-0.2, 0) is 9.59 Å². The molecule has 0 aliphatic carbocycles. The molecule has 0 aromatic carbocycles. The molecule has 0 rings (SSSR count). The lowest BCUT2D eigenvalue weighted by Crippen LogP contribution is -2.00. The van der Waals surface area contributed by atoms with Crippen molar-refractivity contribution in [3.63, 3.8) is 0 Å². The number of hydrogen-bond acceptors (Lipinski definition) is 2. The minimum Gasteiger partial charge on any atom is -0.481 e. The summed E-state index contributed by atoms with van der Waals surface area (Å²) in [5.41, 5.74) is 0. The van der Waals surface area contributed by atoms with Gasteiger partial charge in [0.05, 0.1) is 12.8 Å². The third kappa shape index (κ3) is 15.7. The van der Waals surface area contributed by atoms with E-state index in [0.29, 0.717) is 0 Å². The zero-order valence-electron chi connectivity index (χ0n) is 5.70. The fourth-order valence-corrected chi connectivity index (χ4v) is 0.214. The van der Waals surface area contributed by atoms with E-state index in [4.69, 9.17) is 10.2 Å². The Morgan fingerprint density at radius 3 is 1.40 bits per heavy atom. The van der Waals surface area contributed by atoms with Gasteiger partial charge in [-0.3, -0.25) is 9.59 Å². The van der Waals surface area contributed by atoms with E-state index in [0.717, 1.165) is 0 Å². The lowest BCUT2D eigenvalue weighted by atomic mass is 10.3. The normalized spacial score (nSPS) is 7.40. The molecule has 0 aliphatic rings. The lowest BCUT2D eigenvalue weighted by molar-refractivity contribution is -0.143. The second kappa shape index (κ2) is 8.37. The zero-order chi connectivity index (χ0) is 8.57. The highest BCUT2D eigenvalue weighted by Crippen LogP contribution is 1.85. The maximum Gasteiger partial charge on any atom is 0.303 e. The van der Waals surface area contributed by atoms with Crippen LogP contribution in [0.3, 0.4) is 0 Å².